The number of hydrogen-bond acceptors (Lipinski definition) is 3. The number of benzene rings is 1. The minimum atomic E-state index is -0.805. The highest BCUT2D eigenvalue weighted by molar-refractivity contribution is 6.11. The summed E-state index contributed by atoms with van der Waals surface area (Å²) in [4.78, 5) is 23.2. The van der Waals surface area contributed by atoms with Crippen LogP contribution in [0.25, 0.3) is 0 Å². The molecule has 3 rings (SSSR count). The van der Waals surface area contributed by atoms with Gasteiger partial charge in [0.05, 0.1) is 6.42 Å². The Morgan fingerprint density at radius 2 is 2.12 bits per heavy atom. The van der Waals surface area contributed by atoms with Gasteiger partial charge in [0, 0.05) is 0 Å². The summed E-state index contributed by atoms with van der Waals surface area (Å²) >= 11 is 0. The average Bonchev–Trinajstić information content (AvgIpc) is 2.70. The van der Waals surface area contributed by atoms with E-state index in [0.717, 1.165) is 17.5 Å². The third-order valence-electron chi connectivity index (χ3n) is 3.47. The number of ketones is 1. The Kier molecular flexibility index (Phi) is 1.67. The molecule has 16 heavy (non-hydrogen) atoms. The summed E-state index contributed by atoms with van der Waals surface area (Å²) in [5.74, 6) is -0.0552. The van der Waals surface area contributed by atoms with Crippen molar-refractivity contribution in [3.8, 4) is 5.75 Å². The number of phenolic OH excluding ortho intramolecular Hbond substituents is 1. The van der Waals surface area contributed by atoms with Gasteiger partial charge in [0.15, 0.2) is 5.78 Å². The fourth-order valence-electron chi connectivity index (χ4n) is 2.73. The van der Waals surface area contributed by atoms with Crippen molar-refractivity contribution in [2.75, 3.05) is 0 Å². The van der Waals surface area contributed by atoms with Crippen LogP contribution in [0.2, 0.25) is 0 Å². The van der Waals surface area contributed by atoms with Gasteiger partial charge in [-0.2, -0.15) is 0 Å². The van der Waals surface area contributed by atoms with Crippen LogP contribution >= 0.6 is 0 Å². The third-order valence-corrected chi connectivity index (χ3v) is 3.47. The Hall–Kier alpha value is -1.84. The number of carbonyl (C=O) groups is 2. The van der Waals surface area contributed by atoms with Gasteiger partial charge in [-0.3, -0.25) is 9.59 Å². The Bertz CT molecular complexity index is 509. The fraction of sp³-hybridized carbons (Fsp3) is 0.333. The van der Waals surface area contributed by atoms with Crippen LogP contribution in [0.5, 0.6) is 5.75 Å². The summed E-state index contributed by atoms with van der Waals surface area (Å²) in [6, 6.07) is 4.96. The lowest BCUT2D eigenvalue weighted by Crippen LogP contribution is -2.41. The molecular weight excluding hydrogens is 206 g/mol. The smallest absolute Gasteiger partial charge is 0.228 e. The molecule has 1 spiro atoms. The van der Waals surface area contributed by atoms with Crippen LogP contribution in [0.15, 0.2) is 18.2 Å². The number of aromatic hydroxyl groups is 1. The van der Waals surface area contributed by atoms with Crippen molar-refractivity contribution >= 4 is 11.7 Å². The van der Waals surface area contributed by atoms with Crippen molar-refractivity contribution < 1.29 is 14.7 Å². The van der Waals surface area contributed by atoms with E-state index in [-0.39, 0.29) is 23.9 Å². The van der Waals surface area contributed by atoms with E-state index in [4.69, 9.17) is 0 Å². The summed E-state index contributed by atoms with van der Waals surface area (Å²) in [6.07, 6.45) is 1.30. The van der Waals surface area contributed by atoms with Crippen molar-refractivity contribution in [3.63, 3.8) is 0 Å². The van der Waals surface area contributed by atoms with Crippen LogP contribution in [0, 0.1) is 0 Å². The second kappa shape index (κ2) is 2.84. The number of phenols is 1. The molecule has 1 aromatic rings. The normalized spacial score (nSPS) is 27.2. The lowest BCUT2D eigenvalue weighted by molar-refractivity contribution is -0.123. The Morgan fingerprint density at radius 3 is 2.81 bits per heavy atom. The minimum Gasteiger partial charge on any atom is -0.508 e. The lowest BCUT2D eigenvalue weighted by Gasteiger charge is -2.22. The molecule has 4 heteroatoms. The van der Waals surface area contributed by atoms with Gasteiger partial charge in [0.2, 0.25) is 5.91 Å². The maximum Gasteiger partial charge on any atom is 0.228 e. The number of aryl methyl sites for hydroxylation is 1. The molecule has 1 unspecified atom stereocenters. The highest BCUT2D eigenvalue weighted by Gasteiger charge is 2.50. The number of rotatable bonds is 0. The van der Waals surface area contributed by atoms with Gasteiger partial charge in [-0.15, -0.1) is 0 Å². The molecule has 1 aromatic carbocycles. The maximum atomic E-state index is 11.9. The Balaban J connectivity index is 2.15. The van der Waals surface area contributed by atoms with Crippen LogP contribution in [0.3, 0.4) is 0 Å². The van der Waals surface area contributed by atoms with Crippen LogP contribution in [0.4, 0.5) is 0 Å². The topological polar surface area (TPSA) is 66.4 Å². The minimum absolute atomic E-state index is 0.0275. The van der Waals surface area contributed by atoms with Gasteiger partial charge in [0.1, 0.15) is 11.3 Å². The molecule has 4 nitrogen and oxygen atoms in total. The summed E-state index contributed by atoms with van der Waals surface area (Å²) in [5.41, 5.74) is 0.997. The van der Waals surface area contributed by atoms with Gasteiger partial charge in [-0.05, 0) is 36.1 Å². The zero-order valence-electron chi connectivity index (χ0n) is 8.62. The van der Waals surface area contributed by atoms with Gasteiger partial charge < -0.3 is 10.4 Å². The summed E-state index contributed by atoms with van der Waals surface area (Å²) in [5, 5.41) is 12.2. The SMILES string of the molecule is O=C1CC(=O)C2(CCc3cc(O)ccc32)N1. The fourth-order valence-corrected chi connectivity index (χ4v) is 2.73. The molecule has 0 radical (unpaired) electrons. The highest BCUT2D eigenvalue weighted by Crippen LogP contribution is 2.41. The second-order valence-electron chi connectivity index (χ2n) is 4.39. The number of amides is 1. The van der Waals surface area contributed by atoms with Crippen molar-refractivity contribution in [2.24, 2.45) is 0 Å². The van der Waals surface area contributed by atoms with E-state index in [1.165, 1.54) is 0 Å². The van der Waals surface area contributed by atoms with Crippen molar-refractivity contribution in [3.05, 3.63) is 29.3 Å². The molecular formula is C12H11NO3. The van der Waals surface area contributed by atoms with E-state index in [2.05, 4.69) is 5.32 Å². The van der Waals surface area contributed by atoms with Crippen molar-refractivity contribution in [2.45, 2.75) is 24.8 Å². The van der Waals surface area contributed by atoms with Gasteiger partial charge in [-0.25, -0.2) is 0 Å². The van der Waals surface area contributed by atoms with Crippen LogP contribution in [0.1, 0.15) is 24.0 Å². The molecule has 1 fully saturated rings. The first kappa shape index (κ1) is 9.39. The molecule has 1 amide bonds. The molecule has 0 bridgehead atoms. The quantitative estimate of drug-likeness (QED) is 0.626. The monoisotopic (exact) mass is 217 g/mol. The van der Waals surface area contributed by atoms with E-state index < -0.39 is 5.54 Å². The van der Waals surface area contributed by atoms with Crippen LogP contribution < -0.4 is 5.32 Å². The molecule has 0 aromatic heterocycles. The van der Waals surface area contributed by atoms with E-state index in [9.17, 15) is 14.7 Å². The molecule has 0 saturated carbocycles. The van der Waals surface area contributed by atoms with Gasteiger partial charge in [-0.1, -0.05) is 6.07 Å². The molecule has 1 atom stereocenters. The number of nitrogens with one attached hydrogen (secondary N) is 1. The molecule has 2 aliphatic rings. The zero-order valence-corrected chi connectivity index (χ0v) is 8.62. The zero-order chi connectivity index (χ0) is 11.3. The predicted octanol–water partition coefficient (Wildman–Crippen LogP) is 0.623. The molecule has 2 N–H and O–H groups in total. The van der Waals surface area contributed by atoms with Gasteiger partial charge >= 0.3 is 0 Å². The Labute approximate surface area is 92.3 Å². The standard InChI is InChI=1S/C12H11NO3/c14-8-1-2-9-7(5-8)3-4-12(9)10(15)6-11(16)13-12/h1-2,5,14H,3-4,6H2,(H,13,16). The summed E-state index contributed by atoms with van der Waals surface area (Å²) in [7, 11) is 0. The van der Waals surface area contributed by atoms with Crippen LogP contribution in [-0.4, -0.2) is 16.8 Å². The van der Waals surface area contributed by atoms with E-state index in [0.29, 0.717) is 6.42 Å². The molecule has 1 aliphatic heterocycles. The number of fused-ring (bicyclic) bond motifs is 2. The number of hydrogen-bond donors (Lipinski definition) is 2. The largest absolute Gasteiger partial charge is 0.508 e. The molecule has 82 valence electrons. The first-order valence-electron chi connectivity index (χ1n) is 5.28. The predicted molar refractivity (Wildman–Crippen MR) is 55.9 cm³/mol. The molecule has 1 saturated heterocycles. The highest BCUT2D eigenvalue weighted by atomic mass is 16.3. The lowest BCUT2D eigenvalue weighted by atomic mass is 9.89. The first-order valence-corrected chi connectivity index (χ1v) is 5.28. The summed E-state index contributed by atoms with van der Waals surface area (Å²) < 4.78 is 0. The average molecular weight is 217 g/mol. The third kappa shape index (κ3) is 1.04. The molecule has 1 aliphatic carbocycles. The second-order valence-corrected chi connectivity index (χ2v) is 4.39. The first-order chi connectivity index (χ1) is 7.62. The number of carbonyl (C=O) groups excluding carboxylic acids is 2. The van der Waals surface area contributed by atoms with E-state index >= 15 is 0 Å². The maximum absolute atomic E-state index is 11.9. The van der Waals surface area contributed by atoms with E-state index in [1.54, 1.807) is 18.2 Å². The van der Waals surface area contributed by atoms with E-state index in [1.807, 2.05) is 0 Å². The summed E-state index contributed by atoms with van der Waals surface area (Å²) in [6.45, 7) is 0. The Morgan fingerprint density at radius 1 is 1.31 bits per heavy atom. The number of Topliss-reactive ketones (excluding diaryl/α,β-unsaturated/α-hetero) is 1. The van der Waals surface area contributed by atoms with Crippen molar-refractivity contribution in [1.82, 2.24) is 5.32 Å². The van der Waals surface area contributed by atoms with Crippen molar-refractivity contribution in [1.29, 1.82) is 0 Å². The van der Waals surface area contributed by atoms with Crippen LogP contribution in [-0.2, 0) is 21.5 Å². The molecule has 1 heterocycles. The van der Waals surface area contributed by atoms with Gasteiger partial charge in [0.25, 0.3) is 0 Å².